The van der Waals surface area contributed by atoms with Crippen molar-refractivity contribution in [2.75, 3.05) is 0 Å². The molecule has 112 valence electrons. The van der Waals surface area contributed by atoms with Gasteiger partial charge in [0.25, 0.3) is 0 Å². The lowest BCUT2D eigenvalue weighted by molar-refractivity contribution is -0.142. The Hall–Kier alpha value is -2.63. The van der Waals surface area contributed by atoms with E-state index in [0.29, 0.717) is 0 Å². The molecule has 0 heterocycles. The van der Waals surface area contributed by atoms with Gasteiger partial charge in [0.2, 0.25) is 5.91 Å². The number of carboxylic acids is 2. The highest BCUT2D eigenvalue weighted by atomic mass is 16.4. The van der Waals surface area contributed by atoms with E-state index in [4.69, 9.17) is 10.2 Å². The van der Waals surface area contributed by atoms with Crippen LogP contribution < -0.4 is 5.32 Å². The number of aliphatic carboxylic acids is 2. The van der Waals surface area contributed by atoms with Crippen LogP contribution in [0.25, 0.3) is 6.08 Å². The summed E-state index contributed by atoms with van der Waals surface area (Å²) in [5.74, 6) is -2.70. The molecule has 0 saturated carbocycles. The zero-order chi connectivity index (χ0) is 15.7. The second-order valence-electron chi connectivity index (χ2n) is 4.43. The van der Waals surface area contributed by atoms with Crippen molar-refractivity contribution in [3.05, 3.63) is 42.0 Å². The summed E-state index contributed by atoms with van der Waals surface area (Å²) in [6, 6.07) is 8.03. The molecule has 0 aliphatic rings. The minimum atomic E-state index is -1.18. The number of hydrogen-bond acceptors (Lipinski definition) is 3. The van der Waals surface area contributed by atoms with Gasteiger partial charge in [0, 0.05) is 12.5 Å². The number of amides is 1. The van der Waals surface area contributed by atoms with Crippen molar-refractivity contribution in [1.29, 1.82) is 0 Å². The second kappa shape index (κ2) is 8.52. The van der Waals surface area contributed by atoms with Crippen LogP contribution in [0.5, 0.6) is 0 Å². The molecule has 1 amide bonds. The van der Waals surface area contributed by atoms with Crippen LogP contribution in [0.1, 0.15) is 24.8 Å². The molecule has 0 aliphatic heterocycles. The molecule has 1 aromatic rings. The summed E-state index contributed by atoms with van der Waals surface area (Å²) >= 11 is 0. The molecule has 3 N–H and O–H groups in total. The van der Waals surface area contributed by atoms with E-state index in [1.807, 2.05) is 30.3 Å². The normalized spacial score (nSPS) is 12.0. The smallest absolute Gasteiger partial charge is 0.326 e. The predicted octanol–water partition coefficient (Wildman–Crippen LogP) is 1.52. The quantitative estimate of drug-likeness (QED) is 0.630. The van der Waals surface area contributed by atoms with Gasteiger partial charge in [0.15, 0.2) is 0 Å². The summed E-state index contributed by atoms with van der Waals surface area (Å²) in [5, 5.41) is 19.8. The van der Waals surface area contributed by atoms with Crippen molar-refractivity contribution < 1.29 is 24.6 Å². The maximum absolute atomic E-state index is 11.7. The number of benzene rings is 1. The first-order valence-corrected chi connectivity index (χ1v) is 6.47. The Morgan fingerprint density at radius 3 is 2.38 bits per heavy atom. The molecular weight excluding hydrogens is 274 g/mol. The van der Waals surface area contributed by atoms with Crippen LogP contribution in [-0.4, -0.2) is 34.1 Å². The third-order valence-corrected chi connectivity index (χ3v) is 2.72. The van der Waals surface area contributed by atoms with Crippen molar-refractivity contribution >= 4 is 23.9 Å². The van der Waals surface area contributed by atoms with Gasteiger partial charge in [-0.1, -0.05) is 30.3 Å². The van der Waals surface area contributed by atoms with Gasteiger partial charge in [0.05, 0.1) is 0 Å². The van der Waals surface area contributed by atoms with E-state index < -0.39 is 23.9 Å². The molecule has 0 bridgehead atoms. The fourth-order valence-electron chi connectivity index (χ4n) is 1.67. The largest absolute Gasteiger partial charge is 0.481 e. The van der Waals surface area contributed by atoms with Crippen LogP contribution >= 0.6 is 0 Å². The average molecular weight is 291 g/mol. The Balaban J connectivity index is 2.50. The zero-order valence-electron chi connectivity index (χ0n) is 11.4. The van der Waals surface area contributed by atoms with Gasteiger partial charge in [-0.2, -0.15) is 0 Å². The Morgan fingerprint density at radius 1 is 1.14 bits per heavy atom. The van der Waals surface area contributed by atoms with Crippen LogP contribution in [-0.2, 0) is 14.4 Å². The van der Waals surface area contributed by atoms with E-state index in [9.17, 15) is 14.4 Å². The van der Waals surface area contributed by atoms with Gasteiger partial charge in [-0.05, 0) is 24.5 Å². The third kappa shape index (κ3) is 6.91. The van der Waals surface area contributed by atoms with Gasteiger partial charge in [0.1, 0.15) is 6.04 Å². The Kier molecular flexibility index (Phi) is 6.67. The van der Waals surface area contributed by atoms with Crippen molar-refractivity contribution in [3.63, 3.8) is 0 Å². The van der Waals surface area contributed by atoms with E-state index in [1.54, 1.807) is 6.08 Å². The highest BCUT2D eigenvalue weighted by Gasteiger charge is 2.18. The number of rotatable bonds is 8. The molecule has 0 aromatic heterocycles. The molecule has 21 heavy (non-hydrogen) atoms. The molecule has 0 aliphatic carbocycles. The predicted molar refractivity (Wildman–Crippen MR) is 76.5 cm³/mol. The number of nitrogens with one attached hydrogen (secondary N) is 1. The highest BCUT2D eigenvalue weighted by molar-refractivity contribution is 5.94. The molecule has 1 unspecified atom stereocenters. The van der Waals surface area contributed by atoms with E-state index in [2.05, 4.69) is 5.32 Å². The molecular formula is C15H17NO5. The van der Waals surface area contributed by atoms with Crippen molar-refractivity contribution in [3.8, 4) is 0 Å². The first-order valence-electron chi connectivity index (χ1n) is 6.47. The fourth-order valence-corrected chi connectivity index (χ4v) is 1.67. The fraction of sp³-hybridized carbons (Fsp3) is 0.267. The third-order valence-electron chi connectivity index (χ3n) is 2.72. The van der Waals surface area contributed by atoms with E-state index in [1.165, 1.54) is 6.08 Å². The summed E-state index contributed by atoms with van der Waals surface area (Å²) < 4.78 is 0. The lowest BCUT2D eigenvalue weighted by atomic mass is 10.1. The molecule has 0 spiro atoms. The monoisotopic (exact) mass is 291 g/mol. The van der Waals surface area contributed by atoms with E-state index in [0.717, 1.165) is 5.56 Å². The molecule has 0 fully saturated rings. The van der Waals surface area contributed by atoms with Gasteiger partial charge < -0.3 is 15.5 Å². The zero-order valence-corrected chi connectivity index (χ0v) is 11.4. The van der Waals surface area contributed by atoms with Gasteiger partial charge in [-0.25, -0.2) is 4.79 Å². The lowest BCUT2D eigenvalue weighted by Gasteiger charge is -2.12. The average Bonchev–Trinajstić information content (AvgIpc) is 2.44. The standard InChI is InChI=1S/C15H17NO5/c17-13(10-9-11-5-2-1-3-6-11)16-12(15(20)21)7-4-8-14(18)19/h1-3,5-6,9-10,12H,4,7-8H2,(H,16,17)(H,18,19)(H,20,21)/b10-9+. The van der Waals surface area contributed by atoms with Gasteiger partial charge in [-0.15, -0.1) is 0 Å². The van der Waals surface area contributed by atoms with Crippen LogP contribution in [0, 0.1) is 0 Å². The number of carbonyl (C=O) groups excluding carboxylic acids is 1. The first-order chi connectivity index (χ1) is 9.99. The molecule has 1 rings (SSSR count). The Bertz CT molecular complexity index is 524. The van der Waals surface area contributed by atoms with E-state index in [-0.39, 0.29) is 19.3 Å². The highest BCUT2D eigenvalue weighted by Crippen LogP contribution is 2.03. The SMILES string of the molecule is O=C(O)CCCC(NC(=O)/C=C/c1ccccc1)C(=O)O. The summed E-state index contributed by atoms with van der Waals surface area (Å²) in [6.45, 7) is 0. The minimum Gasteiger partial charge on any atom is -0.481 e. The summed E-state index contributed by atoms with van der Waals surface area (Å²) in [5.41, 5.74) is 0.824. The van der Waals surface area contributed by atoms with Crippen molar-refractivity contribution in [2.24, 2.45) is 0 Å². The van der Waals surface area contributed by atoms with Crippen molar-refractivity contribution in [1.82, 2.24) is 5.32 Å². The van der Waals surface area contributed by atoms with Crippen LogP contribution in [0.3, 0.4) is 0 Å². The maximum atomic E-state index is 11.7. The van der Waals surface area contributed by atoms with Crippen molar-refractivity contribution in [2.45, 2.75) is 25.3 Å². The Morgan fingerprint density at radius 2 is 1.81 bits per heavy atom. The molecule has 0 saturated heterocycles. The van der Waals surface area contributed by atoms with Crippen LogP contribution in [0.4, 0.5) is 0 Å². The molecule has 6 nitrogen and oxygen atoms in total. The second-order valence-corrected chi connectivity index (χ2v) is 4.43. The first kappa shape index (κ1) is 16.4. The number of carboxylic acid groups (broad SMARTS) is 2. The Labute approximate surface area is 122 Å². The topological polar surface area (TPSA) is 104 Å². The number of carbonyl (C=O) groups is 3. The molecule has 1 aromatic carbocycles. The summed E-state index contributed by atoms with van der Waals surface area (Å²) in [6.07, 6.45) is 2.97. The van der Waals surface area contributed by atoms with Gasteiger partial charge >= 0.3 is 11.9 Å². The van der Waals surface area contributed by atoms with Crippen LogP contribution in [0.2, 0.25) is 0 Å². The maximum Gasteiger partial charge on any atom is 0.326 e. The molecule has 6 heteroatoms. The summed E-state index contributed by atoms with van der Waals surface area (Å²) in [4.78, 5) is 33.0. The minimum absolute atomic E-state index is 0.0759. The lowest BCUT2D eigenvalue weighted by Crippen LogP contribution is -2.40. The summed E-state index contributed by atoms with van der Waals surface area (Å²) in [7, 11) is 0. The van der Waals surface area contributed by atoms with Crippen LogP contribution in [0.15, 0.2) is 36.4 Å². The van der Waals surface area contributed by atoms with Gasteiger partial charge in [-0.3, -0.25) is 9.59 Å². The van der Waals surface area contributed by atoms with E-state index >= 15 is 0 Å². The number of hydrogen-bond donors (Lipinski definition) is 3. The molecule has 1 atom stereocenters. The molecule has 0 radical (unpaired) electrons.